The number of para-hydroxylation sites is 1. The summed E-state index contributed by atoms with van der Waals surface area (Å²) in [5.41, 5.74) is 4.40. The van der Waals surface area contributed by atoms with Gasteiger partial charge in [-0.05, 0) is 56.9 Å². The van der Waals surface area contributed by atoms with Crippen LogP contribution < -0.4 is 10.2 Å². The number of benzene rings is 1. The molecule has 1 N–H and O–H groups in total. The van der Waals surface area contributed by atoms with Crippen LogP contribution in [0.2, 0.25) is 0 Å². The number of nitrogens with zero attached hydrogens (tertiary/aromatic N) is 3. The van der Waals surface area contributed by atoms with E-state index >= 15 is 0 Å². The Balaban J connectivity index is 1.22. The van der Waals surface area contributed by atoms with Crippen LogP contribution in [-0.4, -0.2) is 33.8 Å². The Kier molecular flexibility index (Phi) is 5.84. The number of anilines is 1. The average molecular weight is 405 g/mol. The largest absolute Gasteiger partial charge is 0.351 e. The van der Waals surface area contributed by atoms with Gasteiger partial charge in [-0.25, -0.2) is 4.98 Å². The molecule has 2 aromatic heterocycles. The van der Waals surface area contributed by atoms with E-state index in [1.54, 1.807) is 0 Å². The number of hydrogen-bond acceptors (Lipinski definition) is 3. The molecule has 0 saturated carbocycles. The topological polar surface area (TPSA) is 66.7 Å². The van der Waals surface area contributed by atoms with Crippen LogP contribution in [0.5, 0.6) is 0 Å². The normalized spacial score (nSPS) is 15.4. The Morgan fingerprint density at radius 1 is 1.10 bits per heavy atom. The molecule has 1 unspecified atom stereocenters. The zero-order valence-electron chi connectivity index (χ0n) is 17.6. The summed E-state index contributed by atoms with van der Waals surface area (Å²) in [4.78, 5) is 31.7. The lowest BCUT2D eigenvalue weighted by Gasteiger charge is -2.22. The maximum atomic E-state index is 12.7. The predicted molar refractivity (Wildman–Crippen MR) is 118 cm³/mol. The molecule has 0 bridgehead atoms. The van der Waals surface area contributed by atoms with Gasteiger partial charge in [0.1, 0.15) is 11.3 Å². The number of rotatable bonds is 7. The summed E-state index contributed by atoms with van der Waals surface area (Å²) in [6, 6.07) is 14.1. The zero-order chi connectivity index (χ0) is 21.1. The quantitative estimate of drug-likeness (QED) is 0.607. The fraction of sp³-hybridized carbons (Fsp3) is 0.375. The molecule has 156 valence electrons. The first-order chi connectivity index (χ1) is 14.6. The van der Waals surface area contributed by atoms with Gasteiger partial charge >= 0.3 is 0 Å². The van der Waals surface area contributed by atoms with E-state index in [4.69, 9.17) is 0 Å². The maximum Gasteiger partial charge on any atom is 0.270 e. The summed E-state index contributed by atoms with van der Waals surface area (Å²) in [5, 5.41) is 2.99. The van der Waals surface area contributed by atoms with Crippen molar-refractivity contribution >= 4 is 23.1 Å². The van der Waals surface area contributed by atoms with Crippen molar-refractivity contribution in [1.29, 1.82) is 0 Å². The summed E-state index contributed by atoms with van der Waals surface area (Å²) in [5.74, 6) is 0.0858. The van der Waals surface area contributed by atoms with Gasteiger partial charge < -0.3 is 10.2 Å². The smallest absolute Gasteiger partial charge is 0.270 e. The molecule has 1 aliphatic heterocycles. The Morgan fingerprint density at radius 3 is 2.77 bits per heavy atom. The first-order valence-corrected chi connectivity index (χ1v) is 10.7. The average Bonchev–Trinajstić information content (AvgIpc) is 3.25. The van der Waals surface area contributed by atoms with Crippen LogP contribution >= 0.6 is 0 Å². The molecule has 2 amide bonds. The van der Waals surface area contributed by atoms with E-state index in [2.05, 4.69) is 23.3 Å². The molecule has 0 saturated heterocycles. The van der Waals surface area contributed by atoms with Crippen molar-refractivity contribution in [2.24, 2.45) is 0 Å². The van der Waals surface area contributed by atoms with Crippen molar-refractivity contribution in [2.75, 3.05) is 11.4 Å². The Morgan fingerprint density at radius 2 is 1.90 bits per heavy atom. The van der Waals surface area contributed by atoms with Gasteiger partial charge in [0.05, 0.1) is 5.69 Å². The molecule has 3 heterocycles. The molecule has 4 rings (SSSR count). The maximum absolute atomic E-state index is 12.7. The summed E-state index contributed by atoms with van der Waals surface area (Å²) in [6.45, 7) is 4.55. The second kappa shape index (κ2) is 8.69. The molecule has 1 aromatic carbocycles. The van der Waals surface area contributed by atoms with Crippen LogP contribution in [0.4, 0.5) is 5.69 Å². The van der Waals surface area contributed by atoms with Crippen molar-refractivity contribution in [3.05, 3.63) is 65.6 Å². The van der Waals surface area contributed by atoms with E-state index in [-0.39, 0.29) is 17.9 Å². The summed E-state index contributed by atoms with van der Waals surface area (Å²) >= 11 is 0. The highest BCUT2D eigenvalue weighted by atomic mass is 16.2. The van der Waals surface area contributed by atoms with Gasteiger partial charge in [-0.3, -0.25) is 14.0 Å². The van der Waals surface area contributed by atoms with Crippen LogP contribution in [0.15, 0.2) is 48.7 Å². The highest BCUT2D eigenvalue weighted by molar-refractivity contribution is 5.96. The monoisotopic (exact) mass is 404 g/mol. The molecule has 0 spiro atoms. The Labute approximate surface area is 176 Å². The second-order valence-electron chi connectivity index (χ2n) is 7.99. The highest BCUT2D eigenvalue weighted by Crippen LogP contribution is 2.32. The predicted octanol–water partition coefficient (Wildman–Crippen LogP) is 3.91. The number of hydrogen-bond donors (Lipinski definition) is 1. The lowest BCUT2D eigenvalue weighted by Crippen LogP contribution is -2.35. The van der Waals surface area contributed by atoms with Crippen LogP contribution in [0, 0.1) is 6.92 Å². The summed E-state index contributed by atoms with van der Waals surface area (Å²) < 4.78 is 1.82. The van der Waals surface area contributed by atoms with Crippen molar-refractivity contribution in [2.45, 2.75) is 52.0 Å². The fourth-order valence-corrected chi connectivity index (χ4v) is 4.32. The number of pyridine rings is 1. The molecular formula is C24H28N4O2. The van der Waals surface area contributed by atoms with Crippen molar-refractivity contribution < 1.29 is 9.59 Å². The van der Waals surface area contributed by atoms with E-state index < -0.39 is 0 Å². The number of imidazole rings is 1. The van der Waals surface area contributed by atoms with Crippen LogP contribution in [0.25, 0.3) is 5.65 Å². The number of amides is 2. The van der Waals surface area contributed by atoms with Gasteiger partial charge in [0.2, 0.25) is 5.91 Å². The van der Waals surface area contributed by atoms with E-state index in [1.165, 1.54) is 5.56 Å². The lowest BCUT2D eigenvalue weighted by atomic mass is 10.1. The van der Waals surface area contributed by atoms with Crippen LogP contribution in [-0.2, 0) is 11.2 Å². The number of carbonyl (C=O) groups excluding carboxylic acids is 2. The van der Waals surface area contributed by atoms with E-state index in [1.807, 2.05) is 58.8 Å². The van der Waals surface area contributed by atoms with Gasteiger partial charge in [0.25, 0.3) is 5.91 Å². The van der Waals surface area contributed by atoms with Gasteiger partial charge in [-0.15, -0.1) is 0 Å². The number of unbranched alkanes of at least 4 members (excludes halogenated alkanes) is 2. The number of aryl methyl sites for hydroxylation is 1. The summed E-state index contributed by atoms with van der Waals surface area (Å²) in [6.07, 6.45) is 5.90. The first kappa shape index (κ1) is 20.1. The molecule has 0 aliphatic carbocycles. The summed E-state index contributed by atoms with van der Waals surface area (Å²) in [7, 11) is 0. The molecule has 6 heteroatoms. The number of carbonyl (C=O) groups is 2. The molecule has 30 heavy (non-hydrogen) atoms. The molecule has 1 atom stereocenters. The lowest BCUT2D eigenvalue weighted by molar-refractivity contribution is -0.119. The van der Waals surface area contributed by atoms with Gasteiger partial charge in [-0.1, -0.05) is 30.7 Å². The fourth-order valence-electron chi connectivity index (χ4n) is 4.32. The highest BCUT2D eigenvalue weighted by Gasteiger charge is 2.29. The van der Waals surface area contributed by atoms with E-state index in [0.717, 1.165) is 42.7 Å². The minimum Gasteiger partial charge on any atom is -0.351 e. The standard InChI is InChI=1S/C24H28N4O2/c1-17-16-19-10-5-6-11-20(19)28(17)22(29)13-4-3-8-14-25-24(30)23-18(2)26-21-12-7-9-15-27(21)23/h5-7,9-12,15,17H,3-4,8,13-14,16H2,1-2H3,(H,25,30). The first-order valence-electron chi connectivity index (χ1n) is 10.7. The van der Waals surface area contributed by atoms with Crippen molar-refractivity contribution in [3.8, 4) is 0 Å². The minimum absolute atomic E-state index is 0.107. The third-order valence-corrected chi connectivity index (χ3v) is 5.75. The number of nitrogens with one attached hydrogen (secondary N) is 1. The van der Waals surface area contributed by atoms with Crippen LogP contribution in [0.3, 0.4) is 0 Å². The number of fused-ring (bicyclic) bond motifs is 2. The van der Waals surface area contributed by atoms with Gasteiger partial charge in [0.15, 0.2) is 0 Å². The Hall–Kier alpha value is -3.15. The van der Waals surface area contributed by atoms with Gasteiger partial charge in [0, 0.05) is 30.9 Å². The van der Waals surface area contributed by atoms with Crippen LogP contribution in [0.1, 0.15) is 54.4 Å². The Bertz CT molecular complexity index is 1070. The zero-order valence-corrected chi connectivity index (χ0v) is 17.6. The SMILES string of the molecule is Cc1nc2ccccn2c1C(=O)NCCCCCC(=O)N1c2ccccc2CC1C. The second-order valence-corrected chi connectivity index (χ2v) is 7.99. The minimum atomic E-state index is -0.107. The number of aromatic nitrogens is 2. The van der Waals surface area contributed by atoms with Gasteiger partial charge in [-0.2, -0.15) is 0 Å². The van der Waals surface area contributed by atoms with Crippen molar-refractivity contribution in [3.63, 3.8) is 0 Å². The molecule has 6 nitrogen and oxygen atoms in total. The molecule has 1 aliphatic rings. The van der Waals surface area contributed by atoms with E-state index in [9.17, 15) is 9.59 Å². The van der Waals surface area contributed by atoms with E-state index in [0.29, 0.717) is 18.7 Å². The van der Waals surface area contributed by atoms with Crippen molar-refractivity contribution in [1.82, 2.24) is 14.7 Å². The molecule has 3 aromatic rings. The molecular weight excluding hydrogens is 376 g/mol. The third kappa shape index (κ3) is 3.95. The molecule has 0 fully saturated rings. The molecule has 0 radical (unpaired) electrons. The third-order valence-electron chi connectivity index (χ3n) is 5.75.